The average Bonchev–Trinajstić information content (AvgIpc) is 2.81. The van der Waals surface area contributed by atoms with Crippen molar-refractivity contribution in [2.24, 2.45) is 5.92 Å². The van der Waals surface area contributed by atoms with Crippen molar-refractivity contribution < 1.29 is 22.7 Å². The highest BCUT2D eigenvalue weighted by atomic mass is 32.2. The van der Waals surface area contributed by atoms with Gasteiger partial charge in [0.2, 0.25) is 21.8 Å². The van der Waals surface area contributed by atoms with Gasteiger partial charge >= 0.3 is 0 Å². The van der Waals surface area contributed by atoms with E-state index in [4.69, 9.17) is 4.74 Å². The molecule has 0 aliphatic carbocycles. The quantitative estimate of drug-likeness (QED) is 0.479. The number of amides is 2. The minimum atomic E-state index is -3.80. The van der Waals surface area contributed by atoms with Crippen molar-refractivity contribution in [3.63, 3.8) is 0 Å². The maximum Gasteiger partial charge on any atom is 0.244 e. The summed E-state index contributed by atoms with van der Waals surface area (Å²) in [6, 6.07) is 13.4. The number of sulfonamides is 1. The van der Waals surface area contributed by atoms with Crippen LogP contribution < -0.4 is 14.4 Å². The highest BCUT2D eigenvalue weighted by Crippen LogP contribution is 2.24. The van der Waals surface area contributed by atoms with Gasteiger partial charge in [-0.1, -0.05) is 51.1 Å². The van der Waals surface area contributed by atoms with Crippen LogP contribution in [0.4, 0.5) is 5.69 Å². The van der Waals surface area contributed by atoms with Crippen LogP contribution in [0, 0.1) is 12.8 Å². The van der Waals surface area contributed by atoms with Crippen LogP contribution in [0.25, 0.3) is 0 Å². The number of aryl methyl sites for hydroxylation is 1. The molecule has 1 N–H and O–H groups in total. The van der Waals surface area contributed by atoms with Crippen molar-refractivity contribution in [3.8, 4) is 5.75 Å². The van der Waals surface area contributed by atoms with Crippen LogP contribution in [0.1, 0.15) is 38.3 Å². The third kappa shape index (κ3) is 7.99. The molecule has 0 bridgehead atoms. The minimum absolute atomic E-state index is 0.189. The first-order valence-corrected chi connectivity index (χ1v) is 13.6. The molecule has 2 aromatic carbocycles. The first-order valence-electron chi connectivity index (χ1n) is 11.7. The fraction of sp³-hybridized carbons (Fsp3) is 0.462. The van der Waals surface area contributed by atoms with Gasteiger partial charge in [0.15, 0.2) is 0 Å². The summed E-state index contributed by atoms with van der Waals surface area (Å²) in [5.74, 6) is 0.00842. The Kier molecular flexibility index (Phi) is 10.1. The topological polar surface area (TPSA) is 96.0 Å². The van der Waals surface area contributed by atoms with Gasteiger partial charge in [0.1, 0.15) is 18.3 Å². The molecule has 0 radical (unpaired) electrons. The number of carbonyl (C=O) groups excluding carboxylic acids is 2. The Morgan fingerprint density at radius 1 is 1.09 bits per heavy atom. The van der Waals surface area contributed by atoms with Crippen LogP contribution in [0.2, 0.25) is 0 Å². The van der Waals surface area contributed by atoms with E-state index in [1.54, 1.807) is 24.3 Å². The predicted octanol–water partition coefficient (Wildman–Crippen LogP) is 3.35. The number of ether oxygens (including phenoxy) is 1. The van der Waals surface area contributed by atoms with Crippen LogP contribution in [-0.4, -0.2) is 57.6 Å². The van der Waals surface area contributed by atoms with Crippen LogP contribution in [-0.2, 0) is 26.2 Å². The Morgan fingerprint density at radius 2 is 1.77 bits per heavy atom. The molecule has 9 heteroatoms. The van der Waals surface area contributed by atoms with Crippen LogP contribution in [0.15, 0.2) is 48.5 Å². The van der Waals surface area contributed by atoms with E-state index >= 15 is 0 Å². The molecule has 1 atom stereocenters. The molecule has 0 aliphatic heterocycles. The molecule has 0 fully saturated rings. The van der Waals surface area contributed by atoms with Gasteiger partial charge in [-0.3, -0.25) is 13.9 Å². The molecular formula is C26H37N3O5S. The number of hydrogen-bond donors (Lipinski definition) is 1. The molecule has 35 heavy (non-hydrogen) atoms. The Hall–Kier alpha value is -3.07. The second-order valence-electron chi connectivity index (χ2n) is 8.98. The fourth-order valence-corrected chi connectivity index (χ4v) is 4.53. The number of methoxy groups -OCH3 is 1. The van der Waals surface area contributed by atoms with E-state index in [1.807, 2.05) is 52.0 Å². The number of rotatable bonds is 12. The Bertz CT molecular complexity index is 1120. The SMILES string of the molecule is CC[C@@H](C(=O)NCC(C)C)N(Cc1ccccc1C)C(=O)CN(c1cccc(OC)c1)S(C)(=O)=O. The van der Waals surface area contributed by atoms with Crippen molar-refractivity contribution in [2.75, 3.05) is 30.8 Å². The summed E-state index contributed by atoms with van der Waals surface area (Å²) in [6.45, 7) is 8.01. The standard InChI is InChI=1S/C26H37N3O5S/c1-7-24(26(31)27-16-19(2)3)28(17-21-12-9-8-11-20(21)4)25(30)18-29(35(6,32)33)22-13-10-14-23(15-22)34-5/h8-15,19,24H,7,16-18H2,1-6H3,(H,27,31)/t24-/m0/s1. The lowest BCUT2D eigenvalue weighted by atomic mass is 10.1. The molecule has 2 rings (SSSR count). The monoisotopic (exact) mass is 503 g/mol. The van der Waals surface area contributed by atoms with E-state index in [-0.39, 0.29) is 18.4 Å². The van der Waals surface area contributed by atoms with Gasteiger partial charge in [0, 0.05) is 19.2 Å². The normalized spacial score (nSPS) is 12.2. The average molecular weight is 504 g/mol. The molecule has 0 aliphatic rings. The van der Waals surface area contributed by atoms with Crippen LogP contribution in [0.3, 0.4) is 0 Å². The highest BCUT2D eigenvalue weighted by molar-refractivity contribution is 7.92. The van der Waals surface area contributed by atoms with E-state index in [0.29, 0.717) is 24.4 Å². The van der Waals surface area contributed by atoms with Gasteiger partial charge in [-0.25, -0.2) is 8.42 Å². The highest BCUT2D eigenvalue weighted by Gasteiger charge is 2.32. The Morgan fingerprint density at radius 3 is 2.34 bits per heavy atom. The molecule has 8 nitrogen and oxygen atoms in total. The van der Waals surface area contributed by atoms with E-state index in [9.17, 15) is 18.0 Å². The fourth-order valence-electron chi connectivity index (χ4n) is 3.69. The smallest absolute Gasteiger partial charge is 0.244 e. The van der Waals surface area contributed by atoms with Crippen molar-refractivity contribution in [1.82, 2.24) is 10.2 Å². The van der Waals surface area contributed by atoms with Gasteiger partial charge in [0.05, 0.1) is 19.1 Å². The van der Waals surface area contributed by atoms with Gasteiger partial charge in [0.25, 0.3) is 0 Å². The first-order chi connectivity index (χ1) is 16.5. The van der Waals surface area contributed by atoms with Gasteiger partial charge < -0.3 is 15.0 Å². The summed E-state index contributed by atoms with van der Waals surface area (Å²) in [7, 11) is -2.31. The van der Waals surface area contributed by atoms with Crippen molar-refractivity contribution in [1.29, 1.82) is 0 Å². The number of nitrogens with one attached hydrogen (secondary N) is 1. The summed E-state index contributed by atoms with van der Waals surface area (Å²) in [5, 5.41) is 2.92. The van der Waals surface area contributed by atoms with Crippen LogP contribution >= 0.6 is 0 Å². The van der Waals surface area contributed by atoms with E-state index in [2.05, 4.69) is 5.32 Å². The Balaban J connectivity index is 2.45. The predicted molar refractivity (Wildman–Crippen MR) is 139 cm³/mol. The van der Waals surface area contributed by atoms with E-state index < -0.39 is 28.5 Å². The first kappa shape index (κ1) is 28.2. The lowest BCUT2D eigenvalue weighted by Crippen LogP contribution is -2.52. The van der Waals surface area contributed by atoms with E-state index in [0.717, 1.165) is 21.7 Å². The molecule has 2 aromatic rings. The van der Waals surface area contributed by atoms with Gasteiger partial charge in [-0.15, -0.1) is 0 Å². The molecule has 0 saturated heterocycles. The van der Waals surface area contributed by atoms with Gasteiger partial charge in [-0.2, -0.15) is 0 Å². The molecular weight excluding hydrogens is 466 g/mol. The largest absolute Gasteiger partial charge is 0.497 e. The van der Waals surface area contributed by atoms with Gasteiger partial charge in [-0.05, 0) is 42.5 Å². The zero-order valence-electron chi connectivity index (χ0n) is 21.4. The number of hydrogen-bond acceptors (Lipinski definition) is 5. The zero-order valence-corrected chi connectivity index (χ0v) is 22.3. The molecule has 192 valence electrons. The maximum absolute atomic E-state index is 13.7. The van der Waals surface area contributed by atoms with Crippen molar-refractivity contribution in [3.05, 3.63) is 59.7 Å². The summed E-state index contributed by atoms with van der Waals surface area (Å²) < 4.78 is 31.6. The molecule has 0 saturated carbocycles. The van der Waals surface area contributed by atoms with Crippen molar-refractivity contribution in [2.45, 2.75) is 46.7 Å². The molecule has 0 aromatic heterocycles. The molecule has 0 unspecified atom stereocenters. The lowest BCUT2D eigenvalue weighted by Gasteiger charge is -2.33. The number of anilines is 1. The maximum atomic E-state index is 13.7. The van der Waals surface area contributed by atoms with E-state index in [1.165, 1.54) is 12.0 Å². The molecule has 0 spiro atoms. The lowest BCUT2D eigenvalue weighted by molar-refractivity contribution is -0.140. The number of benzene rings is 2. The Labute approximate surface area is 209 Å². The number of nitrogens with zero attached hydrogens (tertiary/aromatic N) is 2. The number of carbonyl (C=O) groups is 2. The van der Waals surface area contributed by atoms with Crippen molar-refractivity contribution >= 4 is 27.5 Å². The third-order valence-electron chi connectivity index (χ3n) is 5.69. The summed E-state index contributed by atoms with van der Waals surface area (Å²) in [4.78, 5) is 28.3. The molecule has 2 amide bonds. The summed E-state index contributed by atoms with van der Waals surface area (Å²) >= 11 is 0. The second-order valence-corrected chi connectivity index (χ2v) is 10.9. The summed E-state index contributed by atoms with van der Waals surface area (Å²) in [5.41, 5.74) is 2.19. The van der Waals surface area contributed by atoms with Crippen LogP contribution in [0.5, 0.6) is 5.75 Å². The minimum Gasteiger partial charge on any atom is -0.497 e. The summed E-state index contributed by atoms with van der Waals surface area (Å²) in [6.07, 6.45) is 1.44. The second kappa shape index (κ2) is 12.6. The molecule has 0 heterocycles. The third-order valence-corrected chi connectivity index (χ3v) is 6.83. The zero-order chi connectivity index (χ0) is 26.2.